The van der Waals surface area contributed by atoms with Crippen LogP contribution in [-0.2, 0) is 32.1 Å². The summed E-state index contributed by atoms with van der Waals surface area (Å²) in [5.41, 5.74) is 2.68. The van der Waals surface area contributed by atoms with E-state index >= 15 is 0 Å². The largest absolute Gasteiger partial charge is 0.496 e. The van der Waals surface area contributed by atoms with E-state index in [1.165, 1.54) is 26.4 Å². The Hall–Kier alpha value is -2.36. The number of rotatable bonds is 11. The fourth-order valence-corrected chi connectivity index (χ4v) is 4.69. The number of fused-ring (bicyclic) bond motifs is 1. The normalized spacial score (nSPS) is 16.3. The molecule has 0 atom stereocenters. The highest BCUT2D eigenvalue weighted by molar-refractivity contribution is 6.57. The Balaban J connectivity index is 1.71. The average Bonchev–Trinajstić information content (AvgIpc) is 3.25. The van der Waals surface area contributed by atoms with Gasteiger partial charge in [0.2, 0.25) is 0 Å². The Labute approximate surface area is 226 Å². The van der Waals surface area contributed by atoms with Gasteiger partial charge in [0, 0.05) is 24.1 Å². The van der Waals surface area contributed by atoms with Crippen molar-refractivity contribution >= 4 is 46.7 Å². The summed E-state index contributed by atoms with van der Waals surface area (Å²) in [7, 11) is 1.46. The fourth-order valence-electron chi connectivity index (χ4n) is 4.60. The SMILES string of the molecule is COc1c(C)c2c(c(NC(=O)C(F)(Cl)Cl)c1C/C=C(\C)CCC(=O)OCCN1CCCCC1)C(=O)OC2. The molecule has 0 saturated carbocycles. The molecule has 204 valence electrons. The molecule has 11 heteroatoms. The maximum Gasteiger partial charge on any atom is 0.341 e. The van der Waals surface area contributed by atoms with Crippen LogP contribution in [0.15, 0.2) is 11.6 Å². The molecule has 0 aromatic heterocycles. The number of carbonyl (C=O) groups is 3. The van der Waals surface area contributed by atoms with Crippen molar-refractivity contribution in [2.24, 2.45) is 0 Å². The topological polar surface area (TPSA) is 94.2 Å². The van der Waals surface area contributed by atoms with Crippen molar-refractivity contribution in [1.29, 1.82) is 0 Å². The molecule has 37 heavy (non-hydrogen) atoms. The van der Waals surface area contributed by atoms with Gasteiger partial charge in [0.25, 0.3) is 5.91 Å². The first-order chi connectivity index (χ1) is 17.5. The number of benzene rings is 1. The maximum atomic E-state index is 13.9. The summed E-state index contributed by atoms with van der Waals surface area (Å²) in [6.45, 7) is 6.86. The van der Waals surface area contributed by atoms with Crippen LogP contribution >= 0.6 is 23.2 Å². The molecule has 0 aliphatic carbocycles. The minimum Gasteiger partial charge on any atom is -0.496 e. The summed E-state index contributed by atoms with van der Waals surface area (Å²) in [5, 5.41) is 2.34. The summed E-state index contributed by atoms with van der Waals surface area (Å²) in [6.07, 6.45) is 6.39. The number of likely N-dealkylation sites (tertiary alicyclic amines) is 1. The van der Waals surface area contributed by atoms with Crippen LogP contribution < -0.4 is 10.1 Å². The third-order valence-electron chi connectivity index (χ3n) is 6.67. The number of carbonyl (C=O) groups excluding carboxylic acids is 3. The van der Waals surface area contributed by atoms with Gasteiger partial charge in [-0.2, -0.15) is 4.39 Å². The van der Waals surface area contributed by atoms with E-state index in [0.29, 0.717) is 35.5 Å². The van der Waals surface area contributed by atoms with Crippen LogP contribution in [0.3, 0.4) is 0 Å². The number of methoxy groups -OCH3 is 1. The van der Waals surface area contributed by atoms with E-state index in [1.54, 1.807) is 6.92 Å². The lowest BCUT2D eigenvalue weighted by Gasteiger charge is -2.25. The van der Waals surface area contributed by atoms with Crippen LogP contribution in [0.25, 0.3) is 0 Å². The first-order valence-corrected chi connectivity index (χ1v) is 13.1. The second-order valence-corrected chi connectivity index (χ2v) is 10.5. The zero-order chi connectivity index (χ0) is 27.2. The van der Waals surface area contributed by atoms with Crippen molar-refractivity contribution in [2.75, 3.05) is 38.7 Å². The molecule has 2 aliphatic rings. The first-order valence-electron chi connectivity index (χ1n) is 12.3. The van der Waals surface area contributed by atoms with Gasteiger partial charge in [-0.05, 0) is 58.2 Å². The number of amides is 1. The molecule has 1 N–H and O–H groups in total. The van der Waals surface area contributed by atoms with Gasteiger partial charge >= 0.3 is 16.5 Å². The lowest BCUT2D eigenvalue weighted by atomic mass is 9.93. The quantitative estimate of drug-likeness (QED) is 0.231. The van der Waals surface area contributed by atoms with Gasteiger partial charge in [-0.3, -0.25) is 14.5 Å². The number of allylic oxidation sites excluding steroid dienone is 2. The third-order valence-corrected chi connectivity index (χ3v) is 7.01. The summed E-state index contributed by atoms with van der Waals surface area (Å²) in [5.74, 6) is -1.84. The molecular formula is C26H33Cl2FN2O6. The predicted octanol–water partition coefficient (Wildman–Crippen LogP) is 5.01. The van der Waals surface area contributed by atoms with Gasteiger partial charge in [0.1, 0.15) is 19.0 Å². The molecule has 0 unspecified atom stereocenters. The highest BCUT2D eigenvalue weighted by Crippen LogP contribution is 2.42. The predicted molar refractivity (Wildman–Crippen MR) is 139 cm³/mol. The van der Waals surface area contributed by atoms with E-state index in [9.17, 15) is 18.8 Å². The number of alkyl halides is 3. The van der Waals surface area contributed by atoms with Gasteiger partial charge in [-0.25, -0.2) is 4.79 Å². The van der Waals surface area contributed by atoms with Gasteiger partial charge in [-0.1, -0.05) is 41.3 Å². The number of halogens is 3. The summed E-state index contributed by atoms with van der Waals surface area (Å²) in [4.78, 5) is 39.2. The molecule has 1 saturated heterocycles. The van der Waals surface area contributed by atoms with E-state index in [2.05, 4.69) is 10.2 Å². The Morgan fingerprint density at radius 1 is 1.22 bits per heavy atom. The number of anilines is 1. The highest BCUT2D eigenvalue weighted by atomic mass is 35.5. The number of esters is 2. The van der Waals surface area contributed by atoms with Crippen LogP contribution in [0.1, 0.15) is 66.1 Å². The fraction of sp³-hybridized carbons (Fsp3) is 0.577. The van der Waals surface area contributed by atoms with Crippen LogP contribution in [0.5, 0.6) is 5.75 Å². The number of cyclic esters (lactones) is 1. The smallest absolute Gasteiger partial charge is 0.341 e. The van der Waals surface area contributed by atoms with Crippen molar-refractivity contribution < 1.29 is 33.0 Å². The van der Waals surface area contributed by atoms with Crippen LogP contribution in [0.4, 0.5) is 10.1 Å². The average molecular weight is 559 g/mol. The molecule has 3 rings (SSSR count). The Morgan fingerprint density at radius 2 is 1.92 bits per heavy atom. The number of nitrogens with zero attached hydrogens (tertiary/aromatic N) is 1. The number of hydrogen-bond acceptors (Lipinski definition) is 7. The van der Waals surface area contributed by atoms with Crippen LogP contribution in [-0.4, -0.2) is 60.7 Å². The van der Waals surface area contributed by atoms with Crippen LogP contribution in [0.2, 0.25) is 0 Å². The van der Waals surface area contributed by atoms with E-state index in [1.807, 2.05) is 13.0 Å². The maximum absolute atomic E-state index is 13.9. The minimum atomic E-state index is -3.20. The van der Waals surface area contributed by atoms with E-state index in [4.69, 9.17) is 37.4 Å². The molecule has 1 aromatic carbocycles. The zero-order valence-corrected chi connectivity index (χ0v) is 22.9. The standard InChI is InChI=1S/C26H33Cl2FN2O6/c1-16(8-10-20(32)36-14-13-31-11-5-4-6-12-31)7-9-18-22(30-25(34)26(27,28)29)21-19(15-37-24(21)33)17(2)23(18)35-3/h7H,4-6,8-15H2,1-3H3,(H,30,34)/b16-7+. The number of piperidine rings is 1. The van der Waals surface area contributed by atoms with Crippen molar-refractivity contribution in [3.8, 4) is 5.75 Å². The molecule has 8 nitrogen and oxygen atoms in total. The van der Waals surface area contributed by atoms with Crippen molar-refractivity contribution in [3.63, 3.8) is 0 Å². The molecular weight excluding hydrogens is 526 g/mol. The molecule has 0 radical (unpaired) electrons. The molecule has 0 spiro atoms. The van der Waals surface area contributed by atoms with Crippen molar-refractivity contribution in [1.82, 2.24) is 4.90 Å². The number of nitrogens with one attached hydrogen (secondary N) is 1. The Kier molecular flexibility index (Phi) is 10.2. The highest BCUT2D eigenvalue weighted by Gasteiger charge is 2.38. The van der Waals surface area contributed by atoms with Crippen molar-refractivity contribution in [3.05, 3.63) is 33.9 Å². The second kappa shape index (κ2) is 12.9. The lowest BCUT2D eigenvalue weighted by Crippen LogP contribution is -2.33. The van der Waals surface area contributed by atoms with Gasteiger partial charge in [-0.15, -0.1) is 0 Å². The van der Waals surface area contributed by atoms with Gasteiger partial charge < -0.3 is 19.5 Å². The summed E-state index contributed by atoms with van der Waals surface area (Å²) >= 11 is 10.7. The first kappa shape index (κ1) is 29.2. The Bertz CT molecular complexity index is 1060. The monoisotopic (exact) mass is 558 g/mol. The lowest BCUT2D eigenvalue weighted by molar-refractivity contribution is -0.144. The molecule has 2 heterocycles. The molecule has 1 fully saturated rings. The Morgan fingerprint density at radius 3 is 2.57 bits per heavy atom. The summed E-state index contributed by atoms with van der Waals surface area (Å²) < 4.78 is 26.8. The van der Waals surface area contributed by atoms with Gasteiger partial charge in [0.05, 0.1) is 18.4 Å². The second-order valence-electron chi connectivity index (χ2n) is 9.27. The van der Waals surface area contributed by atoms with E-state index in [-0.39, 0.29) is 36.7 Å². The number of hydrogen-bond donors (Lipinski definition) is 1. The molecule has 1 amide bonds. The van der Waals surface area contributed by atoms with Gasteiger partial charge in [0.15, 0.2) is 0 Å². The molecule has 2 aliphatic heterocycles. The zero-order valence-electron chi connectivity index (χ0n) is 21.4. The third kappa shape index (κ3) is 7.58. The minimum absolute atomic E-state index is 0.00321. The molecule has 1 aromatic rings. The van der Waals surface area contributed by atoms with E-state index < -0.39 is 16.5 Å². The van der Waals surface area contributed by atoms with Crippen molar-refractivity contribution in [2.45, 2.75) is 63.6 Å². The summed E-state index contributed by atoms with van der Waals surface area (Å²) in [6, 6.07) is 0. The number of ether oxygens (including phenoxy) is 3. The molecule has 0 bridgehead atoms. The van der Waals surface area contributed by atoms with E-state index in [0.717, 1.165) is 25.2 Å². The van der Waals surface area contributed by atoms with Crippen LogP contribution in [0, 0.1) is 6.92 Å².